The molecule has 0 fully saturated rings. The van der Waals surface area contributed by atoms with E-state index in [0.717, 1.165) is 17.5 Å². The normalized spacial score (nSPS) is 11.1. The number of ether oxygens (including phenoxy) is 1. The Balaban J connectivity index is 2.41. The van der Waals surface area contributed by atoms with Crippen molar-refractivity contribution in [2.45, 2.75) is 60.4 Å². The number of carbonyl (C=O) groups excluding carboxylic acids is 1. The predicted molar refractivity (Wildman–Crippen MR) is 129 cm³/mol. The highest BCUT2D eigenvalue weighted by atomic mass is 35.5. The van der Waals surface area contributed by atoms with Crippen molar-refractivity contribution in [2.75, 3.05) is 23.8 Å². The van der Waals surface area contributed by atoms with Crippen LogP contribution < -0.4 is 26.6 Å². The van der Waals surface area contributed by atoms with Gasteiger partial charge in [0, 0.05) is 18.1 Å². The third kappa shape index (κ3) is 6.16. The van der Waals surface area contributed by atoms with Crippen molar-refractivity contribution in [2.24, 2.45) is 5.92 Å². The summed E-state index contributed by atoms with van der Waals surface area (Å²) >= 11 is 6.07. The van der Waals surface area contributed by atoms with Crippen LogP contribution >= 0.6 is 11.6 Å². The standard InChI is InChI=1S/C23H33ClN4O4/c1-6-7-9-28-21(25)19(22(30)26-23(28)31)27(10-8-14(2)3)18(29)13-32-20-15(4)11-17(24)12-16(20)5/h11-12,14H,6-10,13,25H2,1-5H3,(H,26,30,31). The number of unbranched alkanes of at least 4 members (excludes halogenated alkanes) is 1. The number of halogens is 1. The zero-order valence-corrected chi connectivity index (χ0v) is 20.2. The molecule has 1 amide bonds. The number of H-pyrrole nitrogens is 1. The number of nitrogen functional groups attached to an aromatic ring is 1. The summed E-state index contributed by atoms with van der Waals surface area (Å²) in [5, 5.41) is 0.589. The predicted octanol–water partition coefficient (Wildman–Crippen LogP) is 3.65. The summed E-state index contributed by atoms with van der Waals surface area (Å²) in [5.41, 5.74) is 6.57. The van der Waals surface area contributed by atoms with E-state index in [0.29, 0.717) is 36.1 Å². The fourth-order valence-corrected chi connectivity index (χ4v) is 3.79. The first kappa shape index (κ1) is 25.5. The highest BCUT2D eigenvalue weighted by Crippen LogP contribution is 2.27. The summed E-state index contributed by atoms with van der Waals surface area (Å²) in [7, 11) is 0. The van der Waals surface area contributed by atoms with E-state index in [1.54, 1.807) is 12.1 Å². The molecule has 0 saturated carbocycles. The van der Waals surface area contributed by atoms with E-state index in [1.807, 2.05) is 34.6 Å². The van der Waals surface area contributed by atoms with Crippen LogP contribution in [0.4, 0.5) is 11.5 Å². The molecule has 1 aromatic carbocycles. The molecule has 3 N–H and O–H groups in total. The number of aryl methyl sites for hydroxylation is 2. The molecule has 1 heterocycles. The molecule has 0 radical (unpaired) electrons. The number of nitrogens with two attached hydrogens (primary N) is 1. The number of anilines is 2. The quantitative estimate of drug-likeness (QED) is 0.557. The average Bonchev–Trinajstić information content (AvgIpc) is 2.68. The topological polar surface area (TPSA) is 110 Å². The number of nitrogens with one attached hydrogen (secondary N) is 1. The number of benzene rings is 1. The van der Waals surface area contributed by atoms with Gasteiger partial charge in [-0.05, 0) is 55.9 Å². The minimum absolute atomic E-state index is 0.0110. The van der Waals surface area contributed by atoms with E-state index >= 15 is 0 Å². The number of hydrogen-bond acceptors (Lipinski definition) is 5. The number of aromatic nitrogens is 2. The van der Waals surface area contributed by atoms with E-state index in [2.05, 4.69) is 4.98 Å². The third-order valence-electron chi connectivity index (χ3n) is 5.22. The number of amides is 1. The Morgan fingerprint density at radius 3 is 2.44 bits per heavy atom. The monoisotopic (exact) mass is 464 g/mol. The Kier molecular flexibility index (Phi) is 8.95. The summed E-state index contributed by atoms with van der Waals surface area (Å²) in [4.78, 5) is 41.8. The van der Waals surface area contributed by atoms with Gasteiger partial charge in [0.15, 0.2) is 12.3 Å². The van der Waals surface area contributed by atoms with E-state index in [4.69, 9.17) is 22.1 Å². The van der Waals surface area contributed by atoms with Crippen molar-refractivity contribution in [3.05, 3.63) is 49.1 Å². The molecule has 0 spiro atoms. The van der Waals surface area contributed by atoms with E-state index in [9.17, 15) is 14.4 Å². The maximum atomic E-state index is 13.2. The lowest BCUT2D eigenvalue weighted by Gasteiger charge is -2.25. The van der Waals surface area contributed by atoms with E-state index in [1.165, 1.54) is 9.47 Å². The maximum Gasteiger partial charge on any atom is 0.330 e. The molecule has 9 heteroatoms. The minimum Gasteiger partial charge on any atom is -0.483 e. The van der Waals surface area contributed by atoms with Crippen molar-refractivity contribution in [3.63, 3.8) is 0 Å². The van der Waals surface area contributed by atoms with Gasteiger partial charge in [-0.1, -0.05) is 38.8 Å². The van der Waals surface area contributed by atoms with Gasteiger partial charge in [-0.2, -0.15) is 0 Å². The molecular weight excluding hydrogens is 432 g/mol. The molecule has 0 atom stereocenters. The second-order valence-electron chi connectivity index (χ2n) is 8.38. The third-order valence-corrected chi connectivity index (χ3v) is 5.43. The molecule has 2 aromatic rings. The SMILES string of the molecule is CCCCn1c(N)c(N(CCC(C)C)C(=O)COc2c(C)cc(Cl)cc2C)c(=O)[nH]c1=O. The molecule has 8 nitrogen and oxygen atoms in total. The summed E-state index contributed by atoms with van der Waals surface area (Å²) in [6.45, 7) is 10.1. The molecule has 2 rings (SSSR count). The van der Waals surface area contributed by atoms with Crippen LogP contribution in [0.15, 0.2) is 21.7 Å². The Hall–Kier alpha value is -2.74. The Labute approximate surface area is 193 Å². The summed E-state index contributed by atoms with van der Waals surface area (Å²) in [5.74, 6) is 0.431. The maximum absolute atomic E-state index is 13.2. The van der Waals surface area contributed by atoms with Crippen LogP contribution in [0.1, 0.15) is 51.2 Å². The molecule has 32 heavy (non-hydrogen) atoms. The first-order chi connectivity index (χ1) is 15.1. The van der Waals surface area contributed by atoms with Gasteiger partial charge in [0.2, 0.25) is 0 Å². The van der Waals surface area contributed by atoms with Crippen LogP contribution in [0.3, 0.4) is 0 Å². The van der Waals surface area contributed by atoms with E-state index < -0.39 is 17.2 Å². The molecular formula is C23H33ClN4O4. The van der Waals surface area contributed by atoms with Crippen LogP contribution in [0.25, 0.3) is 0 Å². The Morgan fingerprint density at radius 1 is 1.25 bits per heavy atom. The fourth-order valence-electron chi connectivity index (χ4n) is 3.46. The van der Waals surface area contributed by atoms with Crippen molar-refractivity contribution in [1.29, 1.82) is 0 Å². The van der Waals surface area contributed by atoms with Crippen LogP contribution in [-0.2, 0) is 11.3 Å². The molecule has 176 valence electrons. The molecule has 0 saturated heterocycles. The number of aromatic amines is 1. The van der Waals surface area contributed by atoms with Crippen molar-refractivity contribution < 1.29 is 9.53 Å². The highest BCUT2D eigenvalue weighted by molar-refractivity contribution is 6.30. The number of hydrogen-bond donors (Lipinski definition) is 2. The van der Waals surface area contributed by atoms with Crippen LogP contribution in [0.5, 0.6) is 5.75 Å². The second-order valence-corrected chi connectivity index (χ2v) is 8.82. The van der Waals surface area contributed by atoms with E-state index in [-0.39, 0.29) is 24.7 Å². The fraction of sp³-hybridized carbons (Fsp3) is 0.522. The van der Waals surface area contributed by atoms with Gasteiger partial charge in [0.25, 0.3) is 11.5 Å². The first-order valence-corrected chi connectivity index (χ1v) is 11.3. The van der Waals surface area contributed by atoms with Crippen LogP contribution in [0.2, 0.25) is 5.02 Å². The summed E-state index contributed by atoms with van der Waals surface area (Å²) < 4.78 is 7.13. The molecule has 0 bridgehead atoms. The summed E-state index contributed by atoms with van der Waals surface area (Å²) in [6.07, 6.45) is 2.22. The number of nitrogens with zero attached hydrogens (tertiary/aromatic N) is 2. The first-order valence-electron chi connectivity index (χ1n) is 10.9. The van der Waals surface area contributed by atoms with Crippen molar-refractivity contribution >= 4 is 29.0 Å². The van der Waals surface area contributed by atoms with Gasteiger partial charge in [0.05, 0.1) is 0 Å². The lowest BCUT2D eigenvalue weighted by atomic mass is 10.1. The van der Waals surface area contributed by atoms with Gasteiger partial charge in [-0.15, -0.1) is 0 Å². The smallest absolute Gasteiger partial charge is 0.330 e. The molecule has 0 aliphatic rings. The molecule has 0 unspecified atom stereocenters. The minimum atomic E-state index is -0.684. The zero-order chi connectivity index (χ0) is 24.0. The molecule has 0 aliphatic heterocycles. The van der Waals surface area contributed by atoms with Crippen molar-refractivity contribution in [3.8, 4) is 5.75 Å². The molecule has 0 aliphatic carbocycles. The van der Waals surface area contributed by atoms with Gasteiger partial charge in [-0.3, -0.25) is 19.1 Å². The summed E-state index contributed by atoms with van der Waals surface area (Å²) in [6, 6.07) is 3.52. The van der Waals surface area contributed by atoms with Crippen molar-refractivity contribution in [1.82, 2.24) is 9.55 Å². The Bertz CT molecular complexity index is 1050. The van der Waals surface area contributed by atoms with Crippen LogP contribution in [-0.4, -0.2) is 28.6 Å². The average molecular weight is 465 g/mol. The largest absolute Gasteiger partial charge is 0.483 e. The lowest BCUT2D eigenvalue weighted by Crippen LogP contribution is -2.43. The number of rotatable bonds is 10. The van der Waals surface area contributed by atoms with Crippen LogP contribution in [0, 0.1) is 19.8 Å². The zero-order valence-electron chi connectivity index (χ0n) is 19.5. The second kappa shape index (κ2) is 11.2. The molecule has 1 aromatic heterocycles. The van der Waals surface area contributed by atoms with Gasteiger partial charge < -0.3 is 15.4 Å². The van der Waals surface area contributed by atoms with Gasteiger partial charge >= 0.3 is 5.69 Å². The van der Waals surface area contributed by atoms with Gasteiger partial charge in [-0.25, -0.2) is 4.79 Å². The highest BCUT2D eigenvalue weighted by Gasteiger charge is 2.25. The van der Waals surface area contributed by atoms with Gasteiger partial charge in [0.1, 0.15) is 11.6 Å². The Morgan fingerprint density at radius 2 is 1.88 bits per heavy atom. The lowest BCUT2D eigenvalue weighted by molar-refractivity contribution is -0.120. The number of carbonyl (C=O) groups is 1.